The highest BCUT2D eigenvalue weighted by Crippen LogP contribution is 2.30. The minimum Gasteiger partial charge on any atom is -0.370 e. The van der Waals surface area contributed by atoms with Gasteiger partial charge in [0, 0.05) is 101 Å². The van der Waals surface area contributed by atoms with Gasteiger partial charge in [-0.15, -0.1) is 0 Å². The molecule has 2 atom stereocenters. The summed E-state index contributed by atoms with van der Waals surface area (Å²) in [5.74, 6) is 1.88. The minimum atomic E-state index is 0.109. The van der Waals surface area contributed by atoms with Crippen molar-refractivity contribution in [1.29, 1.82) is 5.26 Å². The Labute approximate surface area is 230 Å². The van der Waals surface area contributed by atoms with Gasteiger partial charge in [-0.25, -0.2) is 4.98 Å². The molecule has 3 saturated heterocycles. The number of fused-ring (bicyclic) bond motifs is 1. The van der Waals surface area contributed by atoms with Crippen LogP contribution in [0.3, 0.4) is 0 Å². The molecule has 3 aliphatic rings. The molecule has 0 saturated carbocycles. The second-order valence-corrected chi connectivity index (χ2v) is 10.8. The number of nitrogens with one attached hydrogen (secondary N) is 1. The number of benzene rings is 1. The number of aryl methyl sites for hydroxylation is 1. The van der Waals surface area contributed by atoms with Crippen LogP contribution in [0.4, 0.5) is 17.5 Å². The number of morpholine rings is 1. The first kappa shape index (κ1) is 25.7. The Morgan fingerprint density at radius 3 is 2.62 bits per heavy atom. The summed E-state index contributed by atoms with van der Waals surface area (Å²) in [6.07, 6.45) is 1.99. The van der Waals surface area contributed by atoms with Crippen LogP contribution in [0.2, 0.25) is 0 Å². The normalized spacial score (nSPS) is 22.7. The first-order valence-corrected chi connectivity index (χ1v) is 14.0. The Morgan fingerprint density at radius 2 is 1.82 bits per heavy atom. The van der Waals surface area contributed by atoms with Crippen LogP contribution in [0.5, 0.6) is 0 Å². The number of pyridine rings is 1. The molecule has 0 bridgehead atoms. The van der Waals surface area contributed by atoms with Crippen molar-refractivity contribution in [3.63, 3.8) is 0 Å². The molecule has 3 aromatic rings. The Morgan fingerprint density at radius 1 is 1.00 bits per heavy atom. The monoisotopic (exact) mass is 527 g/mol. The van der Waals surface area contributed by atoms with Crippen molar-refractivity contribution in [2.45, 2.75) is 26.1 Å². The maximum atomic E-state index is 9.54. The van der Waals surface area contributed by atoms with E-state index < -0.39 is 0 Å². The van der Waals surface area contributed by atoms with Gasteiger partial charge in [0.05, 0.1) is 23.3 Å². The second kappa shape index (κ2) is 11.3. The fourth-order valence-electron chi connectivity index (χ4n) is 6.02. The van der Waals surface area contributed by atoms with Gasteiger partial charge in [0.15, 0.2) is 0 Å². The number of hydrogen-bond donors (Lipinski definition) is 1. The van der Waals surface area contributed by atoms with Crippen molar-refractivity contribution >= 4 is 28.4 Å². The summed E-state index contributed by atoms with van der Waals surface area (Å²) in [7, 11) is 0. The van der Waals surface area contributed by atoms with Crippen LogP contribution in [0, 0.1) is 18.3 Å². The first-order chi connectivity index (χ1) is 19.1. The van der Waals surface area contributed by atoms with Gasteiger partial charge in [-0.05, 0) is 38.1 Å². The molecule has 10 heteroatoms. The lowest BCUT2D eigenvalue weighted by molar-refractivity contribution is -0.0327. The number of anilines is 3. The molecule has 5 heterocycles. The quantitative estimate of drug-likeness (QED) is 0.531. The van der Waals surface area contributed by atoms with Crippen LogP contribution in [-0.4, -0.2) is 104 Å². The fourth-order valence-corrected chi connectivity index (χ4v) is 6.02. The van der Waals surface area contributed by atoms with Gasteiger partial charge >= 0.3 is 0 Å². The predicted molar refractivity (Wildman–Crippen MR) is 154 cm³/mol. The number of piperazine rings is 2. The number of nitrogens with zero attached hydrogens (tertiary/aromatic N) is 8. The van der Waals surface area contributed by atoms with Gasteiger partial charge in [-0.2, -0.15) is 10.2 Å². The van der Waals surface area contributed by atoms with E-state index in [0.717, 1.165) is 106 Å². The van der Waals surface area contributed by atoms with Gasteiger partial charge in [0.1, 0.15) is 11.9 Å². The maximum absolute atomic E-state index is 9.54. The van der Waals surface area contributed by atoms with E-state index in [-0.39, 0.29) is 12.2 Å². The molecule has 2 unspecified atom stereocenters. The molecular weight excluding hydrogens is 490 g/mol. The zero-order chi connectivity index (χ0) is 26.8. The summed E-state index contributed by atoms with van der Waals surface area (Å²) in [6, 6.07) is 12.3. The molecule has 1 aromatic carbocycles. The molecule has 204 valence electrons. The topological polar surface area (TPSA) is 96.7 Å². The van der Waals surface area contributed by atoms with Gasteiger partial charge in [-0.1, -0.05) is 0 Å². The van der Waals surface area contributed by atoms with Crippen LogP contribution in [-0.2, 0) is 4.74 Å². The third-order valence-corrected chi connectivity index (χ3v) is 7.92. The van der Waals surface area contributed by atoms with Gasteiger partial charge in [0.2, 0.25) is 5.95 Å². The van der Waals surface area contributed by atoms with E-state index in [2.05, 4.69) is 68.0 Å². The zero-order valence-corrected chi connectivity index (χ0v) is 22.9. The summed E-state index contributed by atoms with van der Waals surface area (Å²) in [6.45, 7) is 14.4. The van der Waals surface area contributed by atoms with Crippen molar-refractivity contribution < 1.29 is 4.74 Å². The third kappa shape index (κ3) is 5.62. The molecular formula is C29H37N9O. The van der Waals surface area contributed by atoms with Crippen LogP contribution < -0.4 is 20.0 Å². The molecule has 3 fully saturated rings. The van der Waals surface area contributed by atoms with Crippen LogP contribution in [0.15, 0.2) is 36.5 Å². The Hall–Kier alpha value is -3.52. The second-order valence-electron chi connectivity index (χ2n) is 10.8. The van der Waals surface area contributed by atoms with Crippen molar-refractivity contribution in [2.75, 3.05) is 86.7 Å². The third-order valence-electron chi connectivity index (χ3n) is 7.92. The molecule has 39 heavy (non-hydrogen) atoms. The summed E-state index contributed by atoms with van der Waals surface area (Å²) in [4.78, 5) is 23.8. The number of aromatic nitrogens is 3. The van der Waals surface area contributed by atoms with E-state index in [1.54, 1.807) is 6.20 Å². The minimum absolute atomic E-state index is 0.109. The van der Waals surface area contributed by atoms with Gasteiger partial charge < -0.3 is 24.8 Å². The smallest absolute Gasteiger partial charge is 0.227 e. The lowest BCUT2D eigenvalue weighted by Gasteiger charge is -2.42. The summed E-state index contributed by atoms with van der Waals surface area (Å²) >= 11 is 0. The predicted octanol–water partition coefficient (Wildman–Crippen LogP) is 2.03. The molecule has 10 nitrogen and oxygen atoms in total. The van der Waals surface area contributed by atoms with E-state index in [1.807, 2.05) is 12.1 Å². The van der Waals surface area contributed by atoms with Crippen LogP contribution in [0.25, 0.3) is 10.9 Å². The Bertz CT molecular complexity index is 1340. The molecule has 6 rings (SSSR count). The van der Waals surface area contributed by atoms with Gasteiger partial charge in [0.25, 0.3) is 0 Å². The number of hydrogen-bond acceptors (Lipinski definition) is 10. The summed E-state index contributed by atoms with van der Waals surface area (Å²) < 4.78 is 6.41. The molecule has 0 spiro atoms. The first-order valence-electron chi connectivity index (χ1n) is 14.0. The van der Waals surface area contributed by atoms with Crippen molar-refractivity contribution in [3.8, 4) is 6.07 Å². The van der Waals surface area contributed by atoms with E-state index in [0.29, 0.717) is 5.56 Å². The molecule has 0 aliphatic carbocycles. The number of ether oxygens (including phenoxy) is 1. The lowest BCUT2D eigenvalue weighted by Crippen LogP contribution is -2.54. The molecule has 0 amide bonds. The van der Waals surface area contributed by atoms with Gasteiger partial charge in [-0.3, -0.25) is 9.88 Å². The van der Waals surface area contributed by atoms with Crippen molar-refractivity contribution in [1.82, 2.24) is 25.2 Å². The van der Waals surface area contributed by atoms with Crippen molar-refractivity contribution in [3.05, 3.63) is 47.8 Å². The lowest BCUT2D eigenvalue weighted by atomic mass is 10.1. The number of rotatable bonds is 5. The average Bonchev–Trinajstić information content (AvgIpc) is 2.97. The fraction of sp³-hybridized carbons (Fsp3) is 0.517. The highest BCUT2D eigenvalue weighted by Gasteiger charge is 2.30. The highest BCUT2D eigenvalue weighted by molar-refractivity contribution is 5.95. The summed E-state index contributed by atoms with van der Waals surface area (Å²) in [5.41, 5.74) is 3.52. The van der Waals surface area contributed by atoms with Crippen molar-refractivity contribution in [2.24, 2.45) is 0 Å². The number of nitriles is 1. The van der Waals surface area contributed by atoms with E-state index in [4.69, 9.17) is 14.7 Å². The molecule has 1 N–H and O–H groups in total. The molecule has 2 aromatic heterocycles. The highest BCUT2D eigenvalue weighted by atomic mass is 16.5. The molecule has 0 radical (unpaired) electrons. The SMILES string of the molecule is Cc1cc(N2CCNCC2)nc(N2CCN(CC3CN(c4ccc(C#N)c5ncccc45)CC(C)O3)CC2)n1. The Kier molecular flexibility index (Phi) is 7.46. The maximum Gasteiger partial charge on any atom is 0.227 e. The van der Waals surface area contributed by atoms with E-state index in [1.165, 1.54) is 0 Å². The van der Waals surface area contributed by atoms with E-state index in [9.17, 15) is 5.26 Å². The van der Waals surface area contributed by atoms with Crippen LogP contribution in [0.1, 0.15) is 18.2 Å². The summed E-state index contributed by atoms with van der Waals surface area (Å²) in [5, 5.41) is 14.0. The van der Waals surface area contributed by atoms with Crippen LogP contribution >= 0.6 is 0 Å². The molecule has 3 aliphatic heterocycles. The van der Waals surface area contributed by atoms with E-state index >= 15 is 0 Å². The Balaban J connectivity index is 1.10. The zero-order valence-electron chi connectivity index (χ0n) is 22.9. The largest absolute Gasteiger partial charge is 0.370 e. The standard InChI is InChI=1S/C29H37N9O/c1-21-16-27(36-10-8-31-9-11-36)34-29(33-21)37-14-12-35(13-15-37)19-24-20-38(18-22(2)39-24)26-6-5-23(17-30)28-25(26)4-3-7-32-28/h3-7,16,22,24,31H,8-15,18-20H2,1-2H3. The average molecular weight is 528 g/mol.